The highest BCUT2D eigenvalue weighted by Crippen LogP contribution is 2.19. The van der Waals surface area contributed by atoms with E-state index in [1.165, 1.54) is 0 Å². The van der Waals surface area contributed by atoms with Gasteiger partial charge in [0.25, 0.3) is 0 Å². The first-order valence-electron chi connectivity index (χ1n) is 10.9. The summed E-state index contributed by atoms with van der Waals surface area (Å²) in [7, 11) is 0. The van der Waals surface area contributed by atoms with E-state index in [2.05, 4.69) is 20.9 Å². The number of primary amides is 1. The molecule has 10 N–H and O–H groups in total. The molecule has 0 aliphatic heterocycles. The van der Waals surface area contributed by atoms with Crippen LogP contribution in [-0.2, 0) is 35.2 Å². The highest BCUT2D eigenvalue weighted by atomic mass is 16.4. The highest BCUT2D eigenvalue weighted by Gasteiger charge is 2.30. The molecule has 0 bridgehead atoms. The molecule has 1 heterocycles. The molecule has 3 atom stereocenters. The van der Waals surface area contributed by atoms with E-state index in [1.54, 1.807) is 30.5 Å². The summed E-state index contributed by atoms with van der Waals surface area (Å²) in [5.74, 6) is -6.12. The van der Waals surface area contributed by atoms with Crippen LogP contribution in [0.3, 0.4) is 0 Å². The van der Waals surface area contributed by atoms with Gasteiger partial charge in [0.2, 0.25) is 23.6 Å². The third kappa shape index (κ3) is 8.39. The zero-order valence-corrected chi connectivity index (χ0v) is 19.2. The predicted molar refractivity (Wildman–Crippen MR) is 125 cm³/mol. The minimum absolute atomic E-state index is 0.0624. The van der Waals surface area contributed by atoms with Gasteiger partial charge >= 0.3 is 11.9 Å². The zero-order chi connectivity index (χ0) is 26.8. The molecule has 1 aromatic heterocycles. The monoisotopic (exact) mass is 504 g/mol. The number of fused-ring (bicyclic) bond motifs is 1. The molecule has 1 aromatic carbocycles. The molecular formula is C22H28N6O8. The summed E-state index contributed by atoms with van der Waals surface area (Å²) in [6, 6.07) is 3.03. The molecule has 194 valence electrons. The fourth-order valence-electron chi connectivity index (χ4n) is 3.38. The molecule has 14 heteroatoms. The van der Waals surface area contributed by atoms with Gasteiger partial charge in [-0.1, -0.05) is 18.2 Å². The van der Waals surface area contributed by atoms with Gasteiger partial charge in [-0.25, -0.2) is 0 Å². The maximum Gasteiger partial charge on any atom is 0.322 e. The number of hydrogen-bond acceptors (Lipinski definition) is 7. The Kier molecular flexibility index (Phi) is 9.92. The lowest BCUT2D eigenvalue weighted by atomic mass is 10.0. The van der Waals surface area contributed by atoms with Crippen LogP contribution in [0.1, 0.15) is 24.8 Å². The Balaban J connectivity index is 2.21. The standard InChI is InChI=1S/C22H28N6O8/c23-13(5-6-17(24)29)20(34)27-16(8-18(30)31)22(36)28-15(21(35)26-10-19(32)33)7-11-9-25-14-4-2-1-3-12(11)14/h1-4,9,13,15-16,25H,5-8,10,23H2,(H2,24,29)(H,26,35)(H,27,34)(H,28,36)(H,30,31)(H,32,33). The number of para-hydroxylation sites is 1. The molecule has 0 aliphatic rings. The normalized spacial score (nSPS) is 13.2. The van der Waals surface area contributed by atoms with Gasteiger partial charge in [0.15, 0.2) is 0 Å². The number of carboxylic acid groups (broad SMARTS) is 2. The molecule has 2 aromatic rings. The molecule has 3 unspecified atom stereocenters. The van der Waals surface area contributed by atoms with Crippen LogP contribution >= 0.6 is 0 Å². The fraction of sp³-hybridized carbons (Fsp3) is 0.364. The first-order chi connectivity index (χ1) is 17.0. The summed E-state index contributed by atoms with van der Waals surface area (Å²) < 4.78 is 0. The number of carboxylic acids is 2. The molecule has 0 saturated heterocycles. The van der Waals surface area contributed by atoms with Crippen molar-refractivity contribution >= 4 is 46.5 Å². The summed E-state index contributed by atoms with van der Waals surface area (Å²) in [5, 5.41) is 25.6. The molecule has 0 radical (unpaired) electrons. The molecule has 0 saturated carbocycles. The van der Waals surface area contributed by atoms with E-state index in [0.29, 0.717) is 5.56 Å². The van der Waals surface area contributed by atoms with Gasteiger partial charge < -0.3 is 42.6 Å². The van der Waals surface area contributed by atoms with Crippen LogP contribution in [0.5, 0.6) is 0 Å². The number of carbonyl (C=O) groups is 6. The lowest BCUT2D eigenvalue weighted by Crippen LogP contribution is -2.57. The van der Waals surface area contributed by atoms with Crippen LogP contribution in [-0.4, -0.2) is 75.4 Å². The molecule has 2 rings (SSSR count). The van der Waals surface area contributed by atoms with E-state index >= 15 is 0 Å². The molecule has 36 heavy (non-hydrogen) atoms. The van der Waals surface area contributed by atoms with Crippen LogP contribution in [0.4, 0.5) is 0 Å². The average molecular weight is 505 g/mol. The largest absolute Gasteiger partial charge is 0.481 e. The molecule has 0 spiro atoms. The Bertz CT molecular complexity index is 1150. The Morgan fingerprint density at radius 1 is 0.917 bits per heavy atom. The van der Waals surface area contributed by atoms with Crippen molar-refractivity contribution in [3.63, 3.8) is 0 Å². The van der Waals surface area contributed by atoms with Crippen molar-refractivity contribution in [3.8, 4) is 0 Å². The Morgan fingerprint density at radius 2 is 1.58 bits per heavy atom. The first kappa shape index (κ1) is 27.8. The molecular weight excluding hydrogens is 476 g/mol. The van der Waals surface area contributed by atoms with Crippen LogP contribution in [0, 0.1) is 0 Å². The van der Waals surface area contributed by atoms with Crippen molar-refractivity contribution in [2.24, 2.45) is 11.5 Å². The van der Waals surface area contributed by atoms with E-state index in [4.69, 9.17) is 16.6 Å². The number of H-pyrrole nitrogens is 1. The highest BCUT2D eigenvalue weighted by molar-refractivity contribution is 5.96. The van der Waals surface area contributed by atoms with Gasteiger partial charge in [-0.15, -0.1) is 0 Å². The van der Waals surface area contributed by atoms with Crippen molar-refractivity contribution in [2.75, 3.05) is 6.54 Å². The Hall–Kier alpha value is -4.46. The third-order valence-corrected chi connectivity index (χ3v) is 5.20. The number of aromatic nitrogens is 1. The van der Waals surface area contributed by atoms with Gasteiger partial charge in [0.1, 0.15) is 18.6 Å². The third-order valence-electron chi connectivity index (χ3n) is 5.20. The summed E-state index contributed by atoms with van der Waals surface area (Å²) in [5.41, 5.74) is 12.1. The van der Waals surface area contributed by atoms with E-state index in [9.17, 15) is 33.9 Å². The molecule has 0 fully saturated rings. The van der Waals surface area contributed by atoms with E-state index in [0.717, 1.165) is 10.9 Å². The average Bonchev–Trinajstić information content (AvgIpc) is 3.22. The van der Waals surface area contributed by atoms with Gasteiger partial charge in [0.05, 0.1) is 12.5 Å². The number of aliphatic carboxylic acids is 2. The Labute approximate surface area is 204 Å². The predicted octanol–water partition coefficient (Wildman–Crippen LogP) is -2.05. The lowest BCUT2D eigenvalue weighted by Gasteiger charge is -2.23. The van der Waals surface area contributed by atoms with E-state index in [-0.39, 0.29) is 19.3 Å². The second-order valence-electron chi connectivity index (χ2n) is 8.01. The topological polar surface area (TPSA) is 247 Å². The van der Waals surface area contributed by atoms with Crippen LogP contribution in [0.15, 0.2) is 30.5 Å². The number of carbonyl (C=O) groups excluding carboxylic acids is 4. The van der Waals surface area contributed by atoms with Crippen molar-refractivity contribution in [2.45, 2.75) is 43.8 Å². The van der Waals surface area contributed by atoms with Gasteiger partial charge in [-0.3, -0.25) is 28.8 Å². The minimum Gasteiger partial charge on any atom is -0.481 e. The smallest absolute Gasteiger partial charge is 0.322 e. The lowest BCUT2D eigenvalue weighted by molar-refractivity contribution is -0.141. The summed E-state index contributed by atoms with van der Waals surface area (Å²) in [6.07, 6.45) is 0.427. The van der Waals surface area contributed by atoms with Crippen molar-refractivity contribution in [1.82, 2.24) is 20.9 Å². The number of rotatable bonds is 14. The van der Waals surface area contributed by atoms with Crippen LogP contribution < -0.4 is 27.4 Å². The molecule has 14 nitrogen and oxygen atoms in total. The van der Waals surface area contributed by atoms with E-state index < -0.39 is 66.7 Å². The number of benzene rings is 1. The van der Waals surface area contributed by atoms with Gasteiger partial charge in [-0.2, -0.15) is 0 Å². The number of nitrogens with one attached hydrogen (secondary N) is 4. The number of nitrogens with two attached hydrogens (primary N) is 2. The summed E-state index contributed by atoms with van der Waals surface area (Å²) in [6.45, 7) is -0.705. The number of amides is 4. The maximum absolute atomic E-state index is 12.9. The van der Waals surface area contributed by atoms with Gasteiger partial charge in [-0.05, 0) is 18.1 Å². The summed E-state index contributed by atoms with van der Waals surface area (Å²) >= 11 is 0. The van der Waals surface area contributed by atoms with Crippen LogP contribution in [0.2, 0.25) is 0 Å². The molecule has 0 aliphatic carbocycles. The minimum atomic E-state index is -1.60. The second-order valence-corrected chi connectivity index (χ2v) is 8.01. The van der Waals surface area contributed by atoms with Crippen molar-refractivity contribution in [1.29, 1.82) is 0 Å². The van der Waals surface area contributed by atoms with E-state index in [1.807, 2.05) is 0 Å². The second kappa shape index (κ2) is 12.9. The van der Waals surface area contributed by atoms with Crippen molar-refractivity contribution < 1.29 is 39.0 Å². The first-order valence-corrected chi connectivity index (χ1v) is 10.9. The van der Waals surface area contributed by atoms with Crippen LogP contribution in [0.25, 0.3) is 10.9 Å². The fourth-order valence-corrected chi connectivity index (χ4v) is 3.38. The Morgan fingerprint density at radius 3 is 2.22 bits per heavy atom. The SMILES string of the molecule is NC(=O)CCC(N)C(=O)NC(CC(=O)O)C(=O)NC(Cc1c[nH]c2ccccc12)C(=O)NCC(=O)O. The zero-order valence-electron chi connectivity index (χ0n) is 19.2. The number of aromatic amines is 1. The van der Waals surface area contributed by atoms with Crippen molar-refractivity contribution in [3.05, 3.63) is 36.0 Å². The quantitative estimate of drug-likeness (QED) is 0.141. The number of hydrogen-bond donors (Lipinski definition) is 8. The van der Waals surface area contributed by atoms with Gasteiger partial charge in [0, 0.05) is 29.9 Å². The summed E-state index contributed by atoms with van der Waals surface area (Å²) in [4.78, 5) is 74.1. The maximum atomic E-state index is 12.9. The molecule has 4 amide bonds.